The van der Waals surface area contributed by atoms with Gasteiger partial charge in [0, 0.05) is 26.4 Å². The Labute approximate surface area is 99.1 Å². The van der Waals surface area contributed by atoms with Crippen molar-refractivity contribution in [3.63, 3.8) is 0 Å². The highest BCUT2D eigenvalue weighted by Crippen LogP contribution is 2.12. The molecular formula is C10H24O5Si. The van der Waals surface area contributed by atoms with E-state index in [1.165, 1.54) is 0 Å². The molecule has 1 unspecified atom stereocenters. The molecule has 0 aromatic heterocycles. The summed E-state index contributed by atoms with van der Waals surface area (Å²) in [6.07, 6.45) is 0.152. The van der Waals surface area contributed by atoms with Crippen molar-refractivity contribution in [3.8, 4) is 0 Å². The molecule has 0 spiro atoms. The maximum absolute atomic E-state index is 9.15. The van der Waals surface area contributed by atoms with Gasteiger partial charge in [-0.3, -0.25) is 0 Å². The molecule has 0 rings (SSSR count). The number of aliphatic hydroxyl groups excluding tert-OH is 1. The van der Waals surface area contributed by atoms with Crippen molar-refractivity contribution in [2.24, 2.45) is 0 Å². The van der Waals surface area contributed by atoms with Crippen LogP contribution in [0.5, 0.6) is 0 Å². The van der Waals surface area contributed by atoms with Crippen molar-refractivity contribution in [3.05, 3.63) is 0 Å². The molecule has 0 aliphatic heterocycles. The third kappa shape index (κ3) is 6.57. The van der Waals surface area contributed by atoms with E-state index in [1.807, 2.05) is 20.8 Å². The van der Waals surface area contributed by atoms with E-state index in [1.54, 1.807) is 6.92 Å². The highest BCUT2D eigenvalue weighted by atomic mass is 28.4. The van der Waals surface area contributed by atoms with Crippen LogP contribution < -0.4 is 0 Å². The van der Waals surface area contributed by atoms with Gasteiger partial charge in [-0.2, -0.15) is 0 Å². The molecule has 0 aromatic carbocycles. The second-order valence-electron chi connectivity index (χ2n) is 3.29. The zero-order valence-corrected chi connectivity index (χ0v) is 11.7. The van der Waals surface area contributed by atoms with E-state index in [0.717, 1.165) is 0 Å². The normalized spacial score (nSPS) is 14.1. The van der Waals surface area contributed by atoms with Gasteiger partial charge in [-0.25, -0.2) is 0 Å². The van der Waals surface area contributed by atoms with Crippen LogP contribution in [0.2, 0.25) is 0 Å². The number of hydrogen-bond acceptors (Lipinski definition) is 5. The molecule has 98 valence electrons. The van der Waals surface area contributed by atoms with E-state index in [-0.39, 0.29) is 0 Å². The van der Waals surface area contributed by atoms with Gasteiger partial charge in [-0.1, -0.05) is 0 Å². The van der Waals surface area contributed by atoms with Crippen LogP contribution in [0.3, 0.4) is 0 Å². The molecule has 5 nitrogen and oxygen atoms in total. The standard InChI is InChI=1S/C10H24O5Si/c1-5-12-16(13-6-2,14-7-3)15-9-8-10(4)11/h10-11H,5-9H2,1-4H3. The fourth-order valence-electron chi connectivity index (χ4n) is 1.13. The quantitative estimate of drug-likeness (QED) is 0.594. The maximum atomic E-state index is 9.15. The van der Waals surface area contributed by atoms with E-state index >= 15 is 0 Å². The molecule has 1 N–H and O–H groups in total. The average Bonchev–Trinajstić information content (AvgIpc) is 2.18. The summed E-state index contributed by atoms with van der Waals surface area (Å²) in [6.45, 7) is 9.18. The van der Waals surface area contributed by atoms with Crippen LogP contribution in [-0.2, 0) is 17.7 Å². The van der Waals surface area contributed by atoms with Gasteiger partial charge in [-0.05, 0) is 34.1 Å². The zero-order valence-electron chi connectivity index (χ0n) is 10.7. The second-order valence-corrected chi connectivity index (χ2v) is 5.44. The summed E-state index contributed by atoms with van der Waals surface area (Å²) in [7, 11) is -2.97. The van der Waals surface area contributed by atoms with Crippen LogP contribution >= 0.6 is 0 Å². The van der Waals surface area contributed by atoms with Gasteiger partial charge in [0.25, 0.3) is 0 Å². The first-order chi connectivity index (χ1) is 7.60. The molecule has 0 saturated heterocycles. The minimum absolute atomic E-state index is 0.379. The number of hydrogen-bond donors (Lipinski definition) is 1. The Morgan fingerprint density at radius 2 is 1.38 bits per heavy atom. The Hall–Kier alpha value is 0.0169. The largest absolute Gasteiger partial charge is 0.679 e. The van der Waals surface area contributed by atoms with Crippen LogP contribution in [0, 0.1) is 0 Å². The summed E-state index contributed by atoms with van der Waals surface area (Å²) < 4.78 is 22.0. The molecule has 0 fully saturated rings. The third-order valence-electron chi connectivity index (χ3n) is 1.78. The molecule has 0 bridgehead atoms. The lowest BCUT2D eigenvalue weighted by molar-refractivity contribution is -0.0317. The molecule has 0 radical (unpaired) electrons. The maximum Gasteiger partial charge on any atom is 0.679 e. The minimum Gasteiger partial charge on any atom is -0.393 e. The van der Waals surface area contributed by atoms with Crippen molar-refractivity contribution in [1.82, 2.24) is 0 Å². The predicted octanol–water partition coefficient (Wildman–Crippen LogP) is 1.32. The first kappa shape index (κ1) is 16.0. The van der Waals surface area contributed by atoms with Gasteiger partial charge < -0.3 is 22.8 Å². The van der Waals surface area contributed by atoms with Gasteiger partial charge in [0.1, 0.15) is 0 Å². The van der Waals surface area contributed by atoms with E-state index in [0.29, 0.717) is 32.8 Å². The molecular weight excluding hydrogens is 228 g/mol. The summed E-state index contributed by atoms with van der Waals surface area (Å²) in [5, 5.41) is 9.15. The molecule has 0 aliphatic carbocycles. The van der Waals surface area contributed by atoms with Crippen LogP contribution in [0.4, 0.5) is 0 Å². The van der Waals surface area contributed by atoms with E-state index in [9.17, 15) is 0 Å². The Morgan fingerprint density at radius 3 is 1.69 bits per heavy atom. The van der Waals surface area contributed by atoms with Crippen LogP contribution in [0.25, 0.3) is 0 Å². The van der Waals surface area contributed by atoms with Gasteiger partial charge in [0.05, 0.1) is 6.10 Å². The van der Waals surface area contributed by atoms with Gasteiger partial charge >= 0.3 is 9.05 Å². The summed E-state index contributed by atoms with van der Waals surface area (Å²) in [5.74, 6) is 0. The Kier molecular flexibility index (Phi) is 9.10. The summed E-state index contributed by atoms with van der Waals surface area (Å²) in [6, 6.07) is 0. The van der Waals surface area contributed by atoms with Crippen LogP contribution in [0.1, 0.15) is 34.1 Å². The van der Waals surface area contributed by atoms with Gasteiger partial charge in [-0.15, -0.1) is 0 Å². The summed E-state index contributed by atoms with van der Waals surface area (Å²) >= 11 is 0. The van der Waals surface area contributed by atoms with Crippen LogP contribution in [0.15, 0.2) is 0 Å². The van der Waals surface area contributed by atoms with Gasteiger partial charge in [0.2, 0.25) is 0 Å². The molecule has 0 heterocycles. The van der Waals surface area contributed by atoms with Crippen molar-refractivity contribution < 1.29 is 22.8 Å². The SMILES string of the molecule is CCO[Si](OCC)(OCC)OCCC(C)O. The molecule has 0 aliphatic rings. The molecule has 0 saturated carbocycles. The molecule has 1 atom stereocenters. The second kappa shape index (κ2) is 9.09. The predicted molar refractivity (Wildman–Crippen MR) is 62.9 cm³/mol. The van der Waals surface area contributed by atoms with E-state index in [2.05, 4.69) is 0 Å². The first-order valence-corrected chi connectivity index (χ1v) is 7.47. The topological polar surface area (TPSA) is 57.2 Å². The Bertz CT molecular complexity index is 148. The Morgan fingerprint density at radius 1 is 0.938 bits per heavy atom. The zero-order chi connectivity index (χ0) is 12.4. The van der Waals surface area contributed by atoms with Gasteiger partial charge in [0.15, 0.2) is 0 Å². The third-order valence-corrected chi connectivity index (χ3v) is 4.26. The smallest absolute Gasteiger partial charge is 0.393 e. The molecule has 0 aromatic rings. The number of aliphatic hydroxyl groups is 1. The van der Waals surface area contributed by atoms with E-state index in [4.69, 9.17) is 22.8 Å². The van der Waals surface area contributed by atoms with Crippen molar-refractivity contribution in [2.75, 3.05) is 26.4 Å². The molecule has 16 heavy (non-hydrogen) atoms. The van der Waals surface area contributed by atoms with Crippen LogP contribution in [-0.4, -0.2) is 46.7 Å². The summed E-state index contributed by atoms with van der Waals surface area (Å²) in [4.78, 5) is 0. The lowest BCUT2D eigenvalue weighted by Crippen LogP contribution is -2.49. The average molecular weight is 252 g/mol. The van der Waals surface area contributed by atoms with Crippen molar-refractivity contribution in [1.29, 1.82) is 0 Å². The van der Waals surface area contributed by atoms with Crippen molar-refractivity contribution in [2.45, 2.75) is 40.2 Å². The fraction of sp³-hybridized carbons (Fsp3) is 1.00. The summed E-state index contributed by atoms with van der Waals surface area (Å²) in [5.41, 5.74) is 0. The van der Waals surface area contributed by atoms with Crippen molar-refractivity contribution >= 4 is 9.05 Å². The Balaban J connectivity index is 4.23. The van der Waals surface area contributed by atoms with E-state index < -0.39 is 15.2 Å². The number of rotatable bonds is 10. The lowest BCUT2D eigenvalue weighted by atomic mass is 10.3. The fourth-order valence-corrected chi connectivity index (χ4v) is 3.06. The highest BCUT2D eigenvalue weighted by Gasteiger charge is 2.44. The lowest BCUT2D eigenvalue weighted by Gasteiger charge is -2.26. The monoisotopic (exact) mass is 252 g/mol. The molecule has 0 amide bonds. The first-order valence-electron chi connectivity index (χ1n) is 5.84. The minimum atomic E-state index is -2.97. The molecule has 6 heteroatoms. The highest BCUT2D eigenvalue weighted by molar-refractivity contribution is 6.53.